The zero-order valence-corrected chi connectivity index (χ0v) is 21.7. The summed E-state index contributed by atoms with van der Waals surface area (Å²) >= 11 is 0. The first-order chi connectivity index (χ1) is 16.8. The van der Waals surface area contributed by atoms with Crippen LogP contribution in [0.1, 0.15) is 58.3 Å². The molecule has 0 spiro atoms. The van der Waals surface area contributed by atoms with Gasteiger partial charge in [0.15, 0.2) is 0 Å². The van der Waals surface area contributed by atoms with E-state index in [2.05, 4.69) is 46.8 Å². The number of hydrogen-bond donors (Lipinski definition) is 0. The zero-order chi connectivity index (χ0) is 25.1. The molecule has 35 heavy (non-hydrogen) atoms. The molecule has 1 atom stereocenters. The summed E-state index contributed by atoms with van der Waals surface area (Å²) in [6.45, 7) is 13.0. The number of imidazole rings is 1. The molecule has 2 heterocycles. The van der Waals surface area contributed by atoms with Crippen molar-refractivity contribution in [1.29, 1.82) is 0 Å². The number of benzene rings is 2. The van der Waals surface area contributed by atoms with E-state index in [1.807, 2.05) is 50.8 Å². The third-order valence-electron chi connectivity index (χ3n) is 6.65. The van der Waals surface area contributed by atoms with Crippen LogP contribution in [-0.4, -0.2) is 45.9 Å². The van der Waals surface area contributed by atoms with Crippen molar-refractivity contribution >= 4 is 28.5 Å². The summed E-state index contributed by atoms with van der Waals surface area (Å²) in [7, 11) is 0. The number of carbonyl (C=O) groups excluding carboxylic acids is 2. The van der Waals surface area contributed by atoms with Crippen molar-refractivity contribution in [3.8, 4) is 0 Å². The van der Waals surface area contributed by atoms with Crippen LogP contribution in [0, 0.1) is 11.8 Å². The van der Waals surface area contributed by atoms with Crippen LogP contribution >= 0.6 is 0 Å². The third kappa shape index (κ3) is 5.58. The largest absolute Gasteiger partial charge is 0.341 e. The molecular formula is C29H38N4O2. The highest BCUT2D eigenvalue weighted by Crippen LogP contribution is 2.33. The smallest absolute Gasteiger partial charge is 0.242 e. The van der Waals surface area contributed by atoms with Crippen LogP contribution in [0.25, 0.3) is 11.0 Å². The molecule has 1 aliphatic heterocycles. The minimum Gasteiger partial charge on any atom is -0.341 e. The number of fused-ring (bicyclic) bond motifs is 1. The molecule has 0 saturated carbocycles. The lowest BCUT2D eigenvalue weighted by molar-refractivity contribution is -0.132. The fourth-order valence-electron chi connectivity index (χ4n) is 5.01. The predicted octanol–water partition coefficient (Wildman–Crippen LogP) is 5.26. The van der Waals surface area contributed by atoms with Gasteiger partial charge in [-0.05, 0) is 48.1 Å². The van der Waals surface area contributed by atoms with Gasteiger partial charge in [0, 0.05) is 37.7 Å². The van der Waals surface area contributed by atoms with Crippen LogP contribution in [0.15, 0.2) is 48.5 Å². The standard InChI is InChI=1S/C29H38N4O2/c1-6-22-11-13-24(14-12-22)32-18-23(15-27(32)34)29-30-25-9-7-8-10-26(25)33(29)19-28(35)31(16-20(2)3)17-21(4)5/h7-14,20-21,23H,6,15-19H2,1-5H3/t23-/m1/s1. The molecule has 0 radical (unpaired) electrons. The first kappa shape index (κ1) is 25.0. The molecular weight excluding hydrogens is 436 g/mol. The van der Waals surface area contributed by atoms with Crippen molar-refractivity contribution in [2.75, 3.05) is 24.5 Å². The molecule has 1 aromatic heterocycles. The lowest BCUT2D eigenvalue weighted by Crippen LogP contribution is -2.39. The van der Waals surface area contributed by atoms with E-state index in [0.29, 0.717) is 24.8 Å². The van der Waals surface area contributed by atoms with Gasteiger partial charge in [-0.25, -0.2) is 4.98 Å². The number of hydrogen-bond acceptors (Lipinski definition) is 3. The average Bonchev–Trinajstić information content (AvgIpc) is 3.38. The van der Waals surface area contributed by atoms with Crippen molar-refractivity contribution in [2.45, 2.75) is 59.9 Å². The Kier molecular flexibility index (Phi) is 7.58. The number of aromatic nitrogens is 2. The fourth-order valence-corrected chi connectivity index (χ4v) is 5.01. The van der Waals surface area contributed by atoms with E-state index in [-0.39, 0.29) is 24.3 Å². The number of aryl methyl sites for hydroxylation is 1. The second-order valence-corrected chi connectivity index (χ2v) is 10.6. The average molecular weight is 475 g/mol. The molecule has 1 aliphatic rings. The molecule has 3 aromatic rings. The number of rotatable bonds is 9. The Morgan fingerprint density at radius 1 is 1.03 bits per heavy atom. The lowest BCUT2D eigenvalue weighted by Gasteiger charge is -2.27. The van der Waals surface area contributed by atoms with Gasteiger partial charge in [-0.15, -0.1) is 0 Å². The molecule has 2 aromatic carbocycles. The Hall–Kier alpha value is -3.15. The van der Waals surface area contributed by atoms with E-state index in [9.17, 15) is 9.59 Å². The van der Waals surface area contributed by atoms with Crippen molar-refractivity contribution in [2.24, 2.45) is 11.8 Å². The van der Waals surface area contributed by atoms with Crippen molar-refractivity contribution in [3.63, 3.8) is 0 Å². The Morgan fingerprint density at radius 3 is 2.31 bits per heavy atom. The molecule has 0 aliphatic carbocycles. The third-order valence-corrected chi connectivity index (χ3v) is 6.65. The maximum absolute atomic E-state index is 13.5. The van der Waals surface area contributed by atoms with Crippen molar-refractivity contribution in [1.82, 2.24) is 14.5 Å². The summed E-state index contributed by atoms with van der Waals surface area (Å²) in [6.07, 6.45) is 1.37. The summed E-state index contributed by atoms with van der Waals surface area (Å²) in [5.41, 5.74) is 3.99. The van der Waals surface area contributed by atoms with Gasteiger partial charge in [0.1, 0.15) is 12.4 Å². The van der Waals surface area contributed by atoms with Gasteiger partial charge < -0.3 is 14.4 Å². The van der Waals surface area contributed by atoms with Crippen molar-refractivity contribution in [3.05, 3.63) is 59.9 Å². The van der Waals surface area contributed by atoms with Crippen LogP contribution < -0.4 is 4.90 Å². The summed E-state index contributed by atoms with van der Waals surface area (Å²) in [6, 6.07) is 16.2. The normalized spacial score (nSPS) is 16.1. The molecule has 0 N–H and O–H groups in total. The van der Waals surface area contributed by atoms with E-state index >= 15 is 0 Å². The summed E-state index contributed by atoms with van der Waals surface area (Å²) in [4.78, 5) is 35.3. The van der Waals surface area contributed by atoms with Crippen LogP contribution in [0.4, 0.5) is 5.69 Å². The Balaban J connectivity index is 1.63. The van der Waals surface area contributed by atoms with Crippen LogP contribution in [0.3, 0.4) is 0 Å². The molecule has 1 saturated heterocycles. The second-order valence-electron chi connectivity index (χ2n) is 10.6. The molecule has 4 rings (SSSR count). The highest BCUT2D eigenvalue weighted by atomic mass is 16.2. The van der Waals surface area contributed by atoms with Crippen molar-refractivity contribution < 1.29 is 9.59 Å². The molecule has 2 amide bonds. The first-order valence-corrected chi connectivity index (χ1v) is 12.9. The summed E-state index contributed by atoms with van der Waals surface area (Å²) in [5.74, 6) is 1.78. The molecule has 6 heteroatoms. The minimum atomic E-state index is -0.0581. The Bertz CT molecular complexity index is 1170. The lowest BCUT2D eigenvalue weighted by atomic mass is 10.1. The summed E-state index contributed by atoms with van der Waals surface area (Å²) < 4.78 is 2.05. The van der Waals surface area contributed by atoms with Crippen LogP contribution in [0.2, 0.25) is 0 Å². The Labute approximate surface area is 208 Å². The van der Waals surface area contributed by atoms with E-state index in [1.54, 1.807) is 0 Å². The van der Waals surface area contributed by atoms with Gasteiger partial charge >= 0.3 is 0 Å². The second kappa shape index (κ2) is 10.6. The van der Waals surface area contributed by atoms with E-state index in [4.69, 9.17) is 4.98 Å². The number of anilines is 1. The van der Waals surface area contributed by atoms with E-state index < -0.39 is 0 Å². The number of amides is 2. The number of carbonyl (C=O) groups is 2. The molecule has 186 valence electrons. The van der Waals surface area contributed by atoms with Gasteiger partial charge in [0.2, 0.25) is 11.8 Å². The summed E-state index contributed by atoms with van der Waals surface area (Å²) in [5, 5.41) is 0. The quantitative estimate of drug-likeness (QED) is 0.425. The first-order valence-electron chi connectivity index (χ1n) is 12.9. The Morgan fingerprint density at radius 2 is 1.69 bits per heavy atom. The van der Waals surface area contributed by atoms with E-state index in [0.717, 1.165) is 42.1 Å². The molecule has 0 bridgehead atoms. The molecule has 0 unspecified atom stereocenters. The highest BCUT2D eigenvalue weighted by molar-refractivity contribution is 5.96. The monoisotopic (exact) mass is 474 g/mol. The van der Waals surface area contributed by atoms with Gasteiger partial charge in [0.25, 0.3) is 0 Å². The van der Waals surface area contributed by atoms with Crippen LogP contribution in [-0.2, 0) is 22.6 Å². The zero-order valence-electron chi connectivity index (χ0n) is 21.7. The number of nitrogens with zero attached hydrogens (tertiary/aromatic N) is 4. The maximum atomic E-state index is 13.5. The SMILES string of the molecule is CCc1ccc(N2C[C@H](c3nc4ccccc4n3CC(=O)N(CC(C)C)CC(C)C)CC2=O)cc1. The van der Waals surface area contributed by atoms with Gasteiger partial charge in [0.05, 0.1) is 11.0 Å². The molecule has 1 fully saturated rings. The fraction of sp³-hybridized carbons (Fsp3) is 0.483. The van der Waals surface area contributed by atoms with Gasteiger partial charge in [-0.3, -0.25) is 9.59 Å². The molecule has 6 nitrogen and oxygen atoms in total. The van der Waals surface area contributed by atoms with E-state index in [1.165, 1.54) is 5.56 Å². The number of para-hydroxylation sites is 2. The topological polar surface area (TPSA) is 58.4 Å². The van der Waals surface area contributed by atoms with Gasteiger partial charge in [-0.1, -0.05) is 58.9 Å². The van der Waals surface area contributed by atoms with Gasteiger partial charge in [-0.2, -0.15) is 0 Å². The maximum Gasteiger partial charge on any atom is 0.242 e. The predicted molar refractivity (Wildman–Crippen MR) is 142 cm³/mol. The minimum absolute atomic E-state index is 0.0581. The van der Waals surface area contributed by atoms with Crippen LogP contribution in [0.5, 0.6) is 0 Å². The highest BCUT2D eigenvalue weighted by Gasteiger charge is 2.35.